The smallest absolute Gasteiger partial charge is 0.241 e. The molecule has 0 spiro atoms. The molecule has 1 N–H and O–H groups in total. The van der Waals surface area contributed by atoms with Crippen LogP contribution in [0.2, 0.25) is 0 Å². The van der Waals surface area contributed by atoms with Crippen molar-refractivity contribution in [3.8, 4) is 0 Å². The van der Waals surface area contributed by atoms with Gasteiger partial charge in [0.15, 0.2) is 0 Å². The zero-order chi connectivity index (χ0) is 17.0. The van der Waals surface area contributed by atoms with Crippen LogP contribution >= 0.6 is 0 Å². The van der Waals surface area contributed by atoms with Gasteiger partial charge < -0.3 is 10.2 Å². The van der Waals surface area contributed by atoms with E-state index in [0.29, 0.717) is 0 Å². The molecule has 1 atom stereocenters. The third kappa shape index (κ3) is 4.55. The quantitative estimate of drug-likeness (QED) is 0.925. The Bertz CT molecular complexity index is 563. The molecule has 0 saturated carbocycles. The molecule has 2 amide bonds. The second-order valence-electron chi connectivity index (χ2n) is 6.58. The number of carbonyl (C=O) groups is 2. The third-order valence-electron chi connectivity index (χ3n) is 4.53. The summed E-state index contributed by atoms with van der Waals surface area (Å²) in [6.45, 7) is 5.50. The predicted octanol–water partition coefficient (Wildman–Crippen LogP) is 2.12. The van der Waals surface area contributed by atoms with Crippen molar-refractivity contribution in [3.63, 3.8) is 0 Å². The summed E-state index contributed by atoms with van der Waals surface area (Å²) in [6, 6.07) is 7.62. The first-order chi connectivity index (χ1) is 10.9. The van der Waals surface area contributed by atoms with Crippen LogP contribution in [-0.4, -0.2) is 54.8 Å². The Labute approximate surface area is 138 Å². The minimum Gasteiger partial charge on any atom is -0.349 e. The Morgan fingerprint density at radius 2 is 1.91 bits per heavy atom. The second kappa shape index (κ2) is 7.59. The summed E-state index contributed by atoms with van der Waals surface area (Å²) in [5.74, 6) is 0.294. The van der Waals surface area contributed by atoms with Crippen molar-refractivity contribution in [1.82, 2.24) is 9.80 Å². The maximum atomic E-state index is 12.4. The number of nitrogens with one attached hydrogen (secondary N) is 1. The fourth-order valence-corrected chi connectivity index (χ4v) is 3.03. The van der Waals surface area contributed by atoms with Crippen LogP contribution in [0.15, 0.2) is 24.3 Å². The van der Waals surface area contributed by atoms with E-state index >= 15 is 0 Å². The van der Waals surface area contributed by atoms with E-state index in [1.54, 1.807) is 19.0 Å². The molecule has 1 aromatic carbocycles. The summed E-state index contributed by atoms with van der Waals surface area (Å²) in [4.78, 5) is 28.2. The number of likely N-dealkylation sites (tertiary alicyclic amines) is 1. The lowest BCUT2D eigenvalue weighted by Crippen LogP contribution is -2.48. The van der Waals surface area contributed by atoms with E-state index in [0.717, 1.165) is 37.2 Å². The number of hydrogen-bond acceptors (Lipinski definition) is 3. The monoisotopic (exact) mass is 317 g/mol. The van der Waals surface area contributed by atoms with Gasteiger partial charge in [0.2, 0.25) is 11.8 Å². The summed E-state index contributed by atoms with van der Waals surface area (Å²) < 4.78 is 0. The standard InChI is InChI=1S/C18H27N3O2/c1-13-6-5-7-16(12-13)19-17(22)14(2)21-10-8-15(9-11-21)18(23)20(3)4/h5-7,12,14-15H,8-11H2,1-4H3,(H,19,22)/t14-/m0/s1. The number of aryl methyl sites for hydroxylation is 1. The average molecular weight is 317 g/mol. The minimum absolute atomic E-state index is 0.00739. The molecule has 5 heteroatoms. The normalized spacial score (nSPS) is 17.6. The maximum absolute atomic E-state index is 12.4. The van der Waals surface area contributed by atoms with Crippen LogP contribution < -0.4 is 5.32 Å². The molecule has 0 radical (unpaired) electrons. The van der Waals surface area contributed by atoms with Crippen LogP contribution in [0.25, 0.3) is 0 Å². The third-order valence-corrected chi connectivity index (χ3v) is 4.53. The number of nitrogens with zero attached hydrogens (tertiary/aromatic N) is 2. The molecule has 2 rings (SSSR count). The number of amides is 2. The molecule has 1 heterocycles. The maximum Gasteiger partial charge on any atom is 0.241 e. The molecule has 5 nitrogen and oxygen atoms in total. The van der Waals surface area contributed by atoms with Gasteiger partial charge in [-0.3, -0.25) is 14.5 Å². The van der Waals surface area contributed by atoms with Crippen molar-refractivity contribution < 1.29 is 9.59 Å². The van der Waals surface area contributed by atoms with Crippen molar-refractivity contribution in [1.29, 1.82) is 0 Å². The molecule has 1 saturated heterocycles. The number of benzene rings is 1. The van der Waals surface area contributed by atoms with E-state index in [9.17, 15) is 9.59 Å². The highest BCUT2D eigenvalue weighted by Gasteiger charge is 2.30. The Morgan fingerprint density at radius 1 is 1.26 bits per heavy atom. The number of carbonyl (C=O) groups excluding carboxylic acids is 2. The van der Waals surface area contributed by atoms with Crippen LogP contribution in [0.1, 0.15) is 25.3 Å². The van der Waals surface area contributed by atoms with E-state index in [4.69, 9.17) is 0 Å². The number of anilines is 1. The van der Waals surface area contributed by atoms with E-state index < -0.39 is 0 Å². The first kappa shape index (κ1) is 17.5. The lowest BCUT2D eigenvalue weighted by molar-refractivity contribution is -0.134. The van der Waals surface area contributed by atoms with Gasteiger partial charge in [0.1, 0.15) is 0 Å². The van der Waals surface area contributed by atoms with Crippen LogP contribution in [0, 0.1) is 12.8 Å². The van der Waals surface area contributed by atoms with Crippen LogP contribution in [0.4, 0.5) is 5.69 Å². The van der Waals surface area contributed by atoms with Crippen molar-refractivity contribution in [3.05, 3.63) is 29.8 Å². The fraction of sp³-hybridized carbons (Fsp3) is 0.556. The van der Waals surface area contributed by atoms with Crippen molar-refractivity contribution in [2.45, 2.75) is 32.7 Å². The largest absolute Gasteiger partial charge is 0.349 e. The minimum atomic E-state index is -0.189. The van der Waals surface area contributed by atoms with Crippen LogP contribution in [0.3, 0.4) is 0 Å². The molecule has 0 bridgehead atoms. The fourth-order valence-electron chi connectivity index (χ4n) is 3.03. The van der Waals surface area contributed by atoms with Gasteiger partial charge in [0, 0.05) is 25.7 Å². The highest BCUT2D eigenvalue weighted by atomic mass is 16.2. The number of piperidine rings is 1. The van der Waals surface area contributed by atoms with Crippen LogP contribution in [0.5, 0.6) is 0 Å². The van der Waals surface area contributed by atoms with E-state index in [1.165, 1.54) is 0 Å². The van der Waals surface area contributed by atoms with Gasteiger partial charge in [-0.05, 0) is 57.5 Å². The van der Waals surface area contributed by atoms with Crippen molar-refractivity contribution >= 4 is 17.5 Å². The van der Waals surface area contributed by atoms with E-state index in [1.807, 2.05) is 38.1 Å². The molecule has 1 fully saturated rings. The van der Waals surface area contributed by atoms with Gasteiger partial charge in [-0.15, -0.1) is 0 Å². The Morgan fingerprint density at radius 3 is 2.48 bits per heavy atom. The Balaban J connectivity index is 1.88. The van der Waals surface area contributed by atoms with Crippen molar-refractivity contribution in [2.75, 3.05) is 32.5 Å². The molecule has 0 aliphatic carbocycles. The predicted molar refractivity (Wildman–Crippen MR) is 92.3 cm³/mol. The molecule has 0 unspecified atom stereocenters. The summed E-state index contributed by atoms with van der Waals surface area (Å²) in [6.07, 6.45) is 1.64. The molecule has 1 aliphatic heterocycles. The molecule has 1 aromatic rings. The van der Waals surface area contributed by atoms with E-state index in [2.05, 4.69) is 10.2 Å². The number of hydrogen-bond donors (Lipinski definition) is 1. The van der Waals surface area contributed by atoms with Gasteiger partial charge in [-0.1, -0.05) is 12.1 Å². The highest BCUT2D eigenvalue weighted by Crippen LogP contribution is 2.21. The molecule has 1 aliphatic rings. The number of rotatable bonds is 4. The molecule has 23 heavy (non-hydrogen) atoms. The summed E-state index contributed by atoms with van der Waals surface area (Å²) in [5, 5.41) is 2.98. The molecular weight excluding hydrogens is 290 g/mol. The SMILES string of the molecule is Cc1cccc(NC(=O)[C@H](C)N2CCC(C(=O)N(C)C)CC2)c1. The van der Waals surface area contributed by atoms with Gasteiger partial charge in [-0.2, -0.15) is 0 Å². The zero-order valence-corrected chi connectivity index (χ0v) is 14.5. The second-order valence-corrected chi connectivity index (χ2v) is 6.58. The van der Waals surface area contributed by atoms with Gasteiger partial charge >= 0.3 is 0 Å². The molecule has 0 aromatic heterocycles. The molecular formula is C18H27N3O2. The topological polar surface area (TPSA) is 52.7 Å². The van der Waals surface area contributed by atoms with Crippen LogP contribution in [-0.2, 0) is 9.59 Å². The zero-order valence-electron chi connectivity index (χ0n) is 14.5. The lowest BCUT2D eigenvalue weighted by Gasteiger charge is -2.35. The lowest BCUT2D eigenvalue weighted by atomic mass is 9.94. The van der Waals surface area contributed by atoms with E-state index in [-0.39, 0.29) is 23.8 Å². The van der Waals surface area contributed by atoms with Gasteiger partial charge in [0.25, 0.3) is 0 Å². The van der Waals surface area contributed by atoms with Gasteiger partial charge in [0.05, 0.1) is 6.04 Å². The van der Waals surface area contributed by atoms with Gasteiger partial charge in [-0.25, -0.2) is 0 Å². The average Bonchev–Trinajstić information content (AvgIpc) is 2.53. The molecule has 126 valence electrons. The first-order valence-corrected chi connectivity index (χ1v) is 8.21. The summed E-state index contributed by atoms with van der Waals surface area (Å²) in [7, 11) is 3.60. The Hall–Kier alpha value is -1.88. The Kier molecular flexibility index (Phi) is 5.77. The summed E-state index contributed by atoms with van der Waals surface area (Å²) >= 11 is 0. The first-order valence-electron chi connectivity index (χ1n) is 8.21. The summed E-state index contributed by atoms with van der Waals surface area (Å²) in [5.41, 5.74) is 1.96. The highest BCUT2D eigenvalue weighted by molar-refractivity contribution is 5.94. The van der Waals surface area contributed by atoms with Crippen molar-refractivity contribution in [2.24, 2.45) is 5.92 Å².